The van der Waals surface area contributed by atoms with Crippen LogP contribution in [-0.4, -0.2) is 49.0 Å². The number of para-hydroxylation sites is 2. The summed E-state index contributed by atoms with van der Waals surface area (Å²) in [6, 6.07) is 89.3. The maximum atomic E-state index is 6.65. The van der Waals surface area contributed by atoms with Crippen molar-refractivity contribution >= 4 is 90.5 Å². The number of nitrogens with one attached hydrogen (secondary N) is 4. The van der Waals surface area contributed by atoms with E-state index in [9.17, 15) is 0 Å². The van der Waals surface area contributed by atoms with Crippen LogP contribution < -0.4 is 0 Å². The van der Waals surface area contributed by atoms with E-state index in [4.69, 9.17) is 19.9 Å². The van der Waals surface area contributed by atoms with E-state index in [0.29, 0.717) is 0 Å². The van der Waals surface area contributed by atoms with Crippen LogP contribution in [0.15, 0.2) is 231 Å². The standard InChI is InChI=1S/C136H154N10/c1-125(2,3)85-59-79(60-86(71-85)126(4,5)6)113-101-49-47-97(137-101)77-111-121-123(119(143-111)117(83-67-93(133(25,26)27)75-94(68-83)134(28,29)30)109-57-55-107(141-109)115(105-53-51-103(113)139-105)81-63-89(129(13,14)15)73-90(64-81)130(16,17)18)146(100-45-41-38-42-46-100)122-112-78-98-48-50-102(138-98)114(80-61-87(127(7,8)9)72-88(62-80)128(10,11)12)104-52-54-106(140-104)116(82-65-91(131(19,20)21)74-92(66-82)132(22,23)24)108-56-58-110(142-108)118(120(144-112)124(122)145(121)99-43-39-37-40-44-99)84-69-95(135(31,32)33)76-96(70-84)136(34,35)36/h37-78,137-138,141-142H,1-36H3. The predicted molar refractivity (Wildman–Crippen MR) is 626 cm³/mol. The fraction of sp³-hybridized carbons (Fsp3) is 0.353. The van der Waals surface area contributed by atoms with Crippen LogP contribution in [0.25, 0.3) is 169 Å². The molecule has 0 saturated heterocycles. The lowest BCUT2D eigenvalue weighted by Gasteiger charge is -2.26. The quantitative estimate of drug-likeness (QED) is 0.121. The minimum atomic E-state index is -0.303. The Hall–Kier alpha value is -13.4. The normalized spacial score (nSPS) is 13.6. The average Bonchev–Trinajstić information content (AvgIpc) is 1.50. The molecule has 10 heteroatoms. The molecule has 16 bridgehead atoms. The van der Waals surface area contributed by atoms with Crippen molar-refractivity contribution in [3.05, 3.63) is 341 Å². The number of fused-ring (bicyclic) bond motifs is 20. The molecule has 4 N–H and O–H groups in total. The highest BCUT2D eigenvalue weighted by Gasteiger charge is 2.35. The Morgan fingerprint density at radius 1 is 0.178 bits per heavy atom. The van der Waals surface area contributed by atoms with Crippen molar-refractivity contribution in [3.8, 4) is 78.1 Å². The van der Waals surface area contributed by atoms with Gasteiger partial charge in [-0.1, -0.05) is 395 Å². The molecule has 8 aromatic carbocycles. The third kappa shape index (κ3) is 19.3. The number of aromatic amines is 4. The van der Waals surface area contributed by atoms with E-state index >= 15 is 0 Å². The number of rotatable bonds is 8. The van der Waals surface area contributed by atoms with Crippen LogP contribution in [0, 0.1) is 21.4 Å². The number of benzene rings is 8. The average molecular weight is 1930 g/mol. The van der Waals surface area contributed by atoms with Gasteiger partial charge in [-0.15, -0.1) is 0 Å². The Morgan fingerprint density at radius 3 is 0.568 bits per heavy atom. The van der Waals surface area contributed by atoms with Crippen LogP contribution >= 0.6 is 0 Å². The molecule has 0 fully saturated rings. The van der Waals surface area contributed by atoms with Crippen molar-refractivity contribution < 1.29 is 0 Å². The summed E-state index contributed by atoms with van der Waals surface area (Å²) in [5.41, 5.74) is 39.6. The minimum absolute atomic E-state index is 0.202. The zero-order valence-electron chi connectivity index (χ0n) is 93.9. The Balaban J connectivity index is 1.15. The van der Waals surface area contributed by atoms with Crippen molar-refractivity contribution in [1.29, 1.82) is 0 Å². The van der Waals surface area contributed by atoms with Gasteiger partial charge < -0.3 is 29.1 Å². The van der Waals surface area contributed by atoms with Crippen LogP contribution in [0.3, 0.4) is 0 Å². The third-order valence-corrected chi connectivity index (χ3v) is 30.3. The van der Waals surface area contributed by atoms with Crippen LogP contribution in [-0.2, 0) is 65.0 Å². The highest BCUT2D eigenvalue weighted by atomic mass is 15.1. The van der Waals surface area contributed by atoms with E-state index in [1.165, 1.54) is 66.8 Å². The highest BCUT2D eigenvalue weighted by molar-refractivity contribution is 6.03. The molecule has 5 aliphatic heterocycles. The summed E-state index contributed by atoms with van der Waals surface area (Å²) < 4.78 is 5.12. The van der Waals surface area contributed by atoms with Gasteiger partial charge in [0.05, 0.1) is 66.2 Å². The molecule has 146 heavy (non-hydrogen) atoms. The number of aromatic nitrogens is 10. The SMILES string of the molecule is CC(C)(C)c1cc(-c2c3nc(c(-c4cc(C(C)(C)C)cc(C(C)(C)C)c4)c4ccc([nH]4)c(-c4cc(C(C)(C)C)cc(C(C)(C)C)c4)c4nc(cc5ccc2[nH]5)c2n(-c5ccccc5)c5c6nc(cc7ccc([nH]7)c(-c7cc(C(C)(C)C)cc(C(C)(C)C)c7)c7nc(c(-c8cc(C(C)(C)C)cc(C(C)(C)C)c8)c8ccc([nH]8)c6-c6cc(C(C)(C)C)cc(C(C)(C)C)c6)C=C7)c=5n(-c5ccccc5)c4=2)C=C3)cc(C(C)(C)C)c1. The predicted octanol–water partition coefficient (Wildman–Crippen LogP) is 37.0. The fourth-order valence-corrected chi connectivity index (χ4v) is 20.9. The molecule has 0 saturated carbocycles. The first kappa shape index (κ1) is 101. The third-order valence-electron chi connectivity index (χ3n) is 30.3. The smallest absolute Gasteiger partial charge is 0.1000 e. The number of hydrogen-bond donors (Lipinski definition) is 4. The molecule has 6 aromatic heterocycles. The van der Waals surface area contributed by atoms with Gasteiger partial charge in [0.15, 0.2) is 0 Å². The maximum Gasteiger partial charge on any atom is 0.1000 e. The van der Waals surface area contributed by atoms with E-state index in [0.717, 1.165) is 189 Å². The number of hydrogen-bond acceptors (Lipinski definition) is 4. The van der Waals surface area contributed by atoms with E-state index < -0.39 is 0 Å². The monoisotopic (exact) mass is 1930 g/mol. The van der Waals surface area contributed by atoms with E-state index in [2.05, 4.69) is 533 Å². The molecule has 14 aromatic rings. The zero-order chi connectivity index (χ0) is 105. The molecule has 0 aliphatic carbocycles. The van der Waals surface area contributed by atoms with Gasteiger partial charge in [-0.25, -0.2) is 19.9 Å². The van der Waals surface area contributed by atoms with Crippen LogP contribution in [0.4, 0.5) is 0 Å². The van der Waals surface area contributed by atoms with Crippen molar-refractivity contribution in [1.82, 2.24) is 49.0 Å². The van der Waals surface area contributed by atoms with Gasteiger partial charge in [0.25, 0.3) is 0 Å². The van der Waals surface area contributed by atoms with Gasteiger partial charge in [0.1, 0.15) is 0 Å². The topological polar surface area (TPSA) is 125 Å². The van der Waals surface area contributed by atoms with Crippen LogP contribution in [0.2, 0.25) is 0 Å². The molecule has 748 valence electrons. The number of nitrogens with zero attached hydrogens (tertiary/aromatic N) is 6. The fourth-order valence-electron chi connectivity index (χ4n) is 20.9. The molecule has 19 rings (SSSR count). The minimum Gasteiger partial charge on any atom is -0.355 e. The van der Waals surface area contributed by atoms with Crippen molar-refractivity contribution in [2.75, 3.05) is 0 Å². The van der Waals surface area contributed by atoms with Crippen LogP contribution in [0.5, 0.6) is 0 Å². The maximum absolute atomic E-state index is 6.65. The second-order valence-electron chi connectivity index (χ2n) is 54.4. The lowest BCUT2D eigenvalue weighted by Crippen LogP contribution is -2.16. The Kier molecular flexibility index (Phi) is 24.4. The molecule has 0 radical (unpaired) electrons. The van der Waals surface area contributed by atoms with E-state index in [1.807, 2.05) is 0 Å². The van der Waals surface area contributed by atoms with Gasteiger partial charge in [0, 0.05) is 88.9 Å². The molecule has 0 atom stereocenters. The van der Waals surface area contributed by atoms with Gasteiger partial charge >= 0.3 is 0 Å². The Labute approximate surface area is 867 Å². The van der Waals surface area contributed by atoms with Gasteiger partial charge in [-0.3, -0.25) is 0 Å². The van der Waals surface area contributed by atoms with Crippen LogP contribution in [0.1, 0.15) is 339 Å². The first-order chi connectivity index (χ1) is 67.9. The van der Waals surface area contributed by atoms with Crippen molar-refractivity contribution in [2.24, 2.45) is 0 Å². The second-order valence-corrected chi connectivity index (χ2v) is 54.4. The Bertz CT molecular complexity index is 7960. The van der Waals surface area contributed by atoms with Crippen molar-refractivity contribution in [3.63, 3.8) is 0 Å². The summed E-state index contributed by atoms with van der Waals surface area (Å²) in [6.07, 6.45) is 9.08. The summed E-state index contributed by atoms with van der Waals surface area (Å²) in [4.78, 5) is 42.8. The summed E-state index contributed by atoms with van der Waals surface area (Å²) in [7, 11) is 0. The van der Waals surface area contributed by atoms with Crippen molar-refractivity contribution in [2.45, 2.75) is 314 Å². The lowest BCUT2D eigenvalue weighted by atomic mass is 9.78. The molecule has 5 aliphatic rings. The summed E-state index contributed by atoms with van der Waals surface area (Å²) in [5.74, 6) is 0. The van der Waals surface area contributed by atoms with Gasteiger partial charge in [0.2, 0.25) is 0 Å². The summed E-state index contributed by atoms with van der Waals surface area (Å²) >= 11 is 0. The first-order valence-electron chi connectivity index (χ1n) is 53.0. The first-order valence-corrected chi connectivity index (χ1v) is 53.0. The van der Waals surface area contributed by atoms with Gasteiger partial charge in [-0.2, -0.15) is 0 Å². The summed E-state index contributed by atoms with van der Waals surface area (Å²) in [5, 5.41) is 3.46. The molecular formula is C136H154N10. The Morgan fingerprint density at radius 2 is 0.363 bits per heavy atom. The number of H-pyrrole nitrogens is 4. The second kappa shape index (κ2) is 35.2. The van der Waals surface area contributed by atoms with E-state index in [-0.39, 0.29) is 65.0 Å². The van der Waals surface area contributed by atoms with E-state index in [1.54, 1.807) is 0 Å². The summed E-state index contributed by atoms with van der Waals surface area (Å²) in [6.45, 7) is 84.4. The molecule has 10 nitrogen and oxygen atoms in total. The molecule has 0 amide bonds. The molecule has 11 heterocycles. The molecular weight excluding hydrogens is 1770 g/mol. The lowest BCUT2D eigenvalue weighted by molar-refractivity contribution is 0.568. The largest absolute Gasteiger partial charge is 0.355 e. The highest BCUT2D eigenvalue weighted by Crippen LogP contribution is 2.50. The zero-order valence-corrected chi connectivity index (χ0v) is 93.9. The van der Waals surface area contributed by atoms with Gasteiger partial charge in [-0.05, 0) is 274 Å². The molecule has 0 unspecified atom stereocenters. The molecule has 0 spiro atoms.